The van der Waals surface area contributed by atoms with Crippen molar-refractivity contribution < 1.29 is 4.79 Å². The molecular weight excluding hydrogens is 244 g/mol. The van der Waals surface area contributed by atoms with Gasteiger partial charge in [-0.3, -0.25) is 4.79 Å². The van der Waals surface area contributed by atoms with Gasteiger partial charge in [0, 0.05) is 29.3 Å². The van der Waals surface area contributed by atoms with Crippen LogP contribution in [-0.2, 0) is 4.79 Å². The molecule has 1 unspecified atom stereocenters. The van der Waals surface area contributed by atoms with Gasteiger partial charge in [-0.15, -0.1) is 11.8 Å². The van der Waals surface area contributed by atoms with Gasteiger partial charge in [0.2, 0.25) is 5.91 Å². The predicted molar refractivity (Wildman–Crippen MR) is 79.2 cm³/mol. The quantitative estimate of drug-likeness (QED) is 0.745. The molecule has 1 rings (SSSR count). The number of thioether (sulfide) groups is 1. The highest BCUT2D eigenvalue weighted by Crippen LogP contribution is 2.21. The molecule has 1 amide bonds. The fourth-order valence-corrected chi connectivity index (χ4v) is 2.40. The molecule has 0 aliphatic rings. The highest BCUT2D eigenvalue weighted by molar-refractivity contribution is 7.99. The first kappa shape index (κ1) is 15.1. The van der Waals surface area contributed by atoms with Gasteiger partial charge in [-0.25, -0.2) is 0 Å². The summed E-state index contributed by atoms with van der Waals surface area (Å²) in [6.07, 6.45) is 1.17. The summed E-state index contributed by atoms with van der Waals surface area (Å²) in [5.74, 6) is 1.02. The molecule has 0 aromatic heterocycles. The third kappa shape index (κ3) is 6.07. The maximum absolute atomic E-state index is 10.9. The van der Waals surface area contributed by atoms with E-state index in [-0.39, 0.29) is 5.91 Å². The molecule has 18 heavy (non-hydrogen) atoms. The minimum Gasteiger partial charge on any atom is -0.326 e. The van der Waals surface area contributed by atoms with E-state index in [1.807, 2.05) is 36.0 Å². The maximum atomic E-state index is 10.9. The number of amides is 1. The Kier molecular flexibility index (Phi) is 6.83. The highest BCUT2D eigenvalue weighted by atomic mass is 32.2. The van der Waals surface area contributed by atoms with Crippen LogP contribution in [0.5, 0.6) is 0 Å². The number of rotatable bonds is 7. The fraction of sp³-hybridized carbons (Fsp3) is 0.500. The van der Waals surface area contributed by atoms with Crippen LogP contribution in [0.1, 0.15) is 27.2 Å². The topological polar surface area (TPSA) is 41.1 Å². The second kappa shape index (κ2) is 8.16. The van der Waals surface area contributed by atoms with Crippen LogP contribution in [0.15, 0.2) is 29.2 Å². The maximum Gasteiger partial charge on any atom is 0.221 e. The molecule has 0 fully saturated rings. The summed E-state index contributed by atoms with van der Waals surface area (Å²) in [5.41, 5.74) is 0.851. The van der Waals surface area contributed by atoms with Gasteiger partial charge in [0.25, 0.3) is 0 Å². The van der Waals surface area contributed by atoms with Gasteiger partial charge in [0.15, 0.2) is 0 Å². The third-order valence-electron chi connectivity index (χ3n) is 2.42. The number of carbonyl (C=O) groups is 1. The highest BCUT2D eigenvalue weighted by Gasteiger charge is 2.02. The molecule has 0 saturated carbocycles. The summed E-state index contributed by atoms with van der Waals surface area (Å²) < 4.78 is 0. The molecule has 0 radical (unpaired) electrons. The van der Waals surface area contributed by atoms with Crippen molar-refractivity contribution in [1.82, 2.24) is 5.32 Å². The standard InChI is InChI=1S/C14H22N2OS/c1-4-9-15-11(2)10-18-14-7-5-13(6-8-14)16-12(3)17/h5-8,11,15H,4,9-10H2,1-3H3,(H,16,17). The molecule has 3 nitrogen and oxygen atoms in total. The average Bonchev–Trinajstić information content (AvgIpc) is 2.35. The minimum atomic E-state index is -0.0345. The number of carbonyl (C=O) groups excluding carboxylic acids is 1. The van der Waals surface area contributed by atoms with Crippen LogP contribution in [0.4, 0.5) is 5.69 Å². The van der Waals surface area contributed by atoms with Gasteiger partial charge >= 0.3 is 0 Å². The van der Waals surface area contributed by atoms with E-state index in [1.165, 1.54) is 18.2 Å². The van der Waals surface area contributed by atoms with Crippen LogP contribution in [0.3, 0.4) is 0 Å². The van der Waals surface area contributed by atoms with E-state index in [1.54, 1.807) is 0 Å². The van der Waals surface area contributed by atoms with E-state index in [0.29, 0.717) is 6.04 Å². The van der Waals surface area contributed by atoms with Crippen LogP contribution < -0.4 is 10.6 Å². The molecule has 1 aromatic rings. The number of hydrogen-bond donors (Lipinski definition) is 2. The van der Waals surface area contributed by atoms with Crippen molar-refractivity contribution >= 4 is 23.4 Å². The summed E-state index contributed by atoms with van der Waals surface area (Å²) in [5, 5.41) is 6.23. The number of benzene rings is 1. The molecule has 4 heteroatoms. The molecule has 2 N–H and O–H groups in total. The molecule has 0 aliphatic heterocycles. The normalized spacial score (nSPS) is 12.2. The zero-order chi connectivity index (χ0) is 13.4. The lowest BCUT2D eigenvalue weighted by Crippen LogP contribution is -2.28. The molecular formula is C14H22N2OS. The molecule has 0 saturated heterocycles. The Labute approximate surface area is 114 Å². The van der Waals surface area contributed by atoms with Gasteiger partial charge in [0.05, 0.1) is 0 Å². The van der Waals surface area contributed by atoms with E-state index < -0.39 is 0 Å². The third-order valence-corrected chi connectivity index (χ3v) is 3.69. The van der Waals surface area contributed by atoms with E-state index in [2.05, 4.69) is 24.5 Å². The van der Waals surface area contributed by atoms with Gasteiger partial charge in [0.1, 0.15) is 0 Å². The molecule has 100 valence electrons. The van der Waals surface area contributed by atoms with Crippen LogP contribution in [0.25, 0.3) is 0 Å². The minimum absolute atomic E-state index is 0.0345. The first-order valence-electron chi connectivity index (χ1n) is 6.35. The van der Waals surface area contributed by atoms with Crippen LogP contribution in [-0.4, -0.2) is 24.2 Å². The Morgan fingerprint density at radius 1 is 1.33 bits per heavy atom. The number of anilines is 1. The second-order valence-electron chi connectivity index (χ2n) is 4.37. The van der Waals surface area contributed by atoms with Crippen LogP contribution in [0.2, 0.25) is 0 Å². The van der Waals surface area contributed by atoms with Gasteiger partial charge in [-0.2, -0.15) is 0 Å². The smallest absolute Gasteiger partial charge is 0.221 e. The van der Waals surface area contributed by atoms with Crippen LogP contribution in [0, 0.1) is 0 Å². The van der Waals surface area contributed by atoms with E-state index in [4.69, 9.17) is 0 Å². The van der Waals surface area contributed by atoms with Crippen molar-refractivity contribution in [2.45, 2.75) is 38.1 Å². The largest absolute Gasteiger partial charge is 0.326 e. The first-order chi connectivity index (χ1) is 8.61. The first-order valence-corrected chi connectivity index (χ1v) is 7.34. The van der Waals surface area contributed by atoms with Gasteiger partial charge in [-0.1, -0.05) is 6.92 Å². The number of nitrogens with one attached hydrogen (secondary N) is 2. The lowest BCUT2D eigenvalue weighted by atomic mass is 10.3. The SMILES string of the molecule is CCCNC(C)CSc1ccc(NC(C)=O)cc1. The monoisotopic (exact) mass is 266 g/mol. The lowest BCUT2D eigenvalue weighted by Gasteiger charge is -2.12. The Morgan fingerprint density at radius 3 is 2.56 bits per heavy atom. The molecule has 1 atom stereocenters. The Morgan fingerprint density at radius 2 is 2.00 bits per heavy atom. The van der Waals surface area contributed by atoms with Crippen molar-refractivity contribution in [1.29, 1.82) is 0 Å². The predicted octanol–water partition coefficient (Wildman–Crippen LogP) is 3.13. The van der Waals surface area contributed by atoms with Crippen molar-refractivity contribution in [2.75, 3.05) is 17.6 Å². The van der Waals surface area contributed by atoms with Crippen molar-refractivity contribution in [3.8, 4) is 0 Å². The Bertz CT molecular complexity index is 365. The Balaban J connectivity index is 2.36. The van der Waals surface area contributed by atoms with Gasteiger partial charge < -0.3 is 10.6 Å². The zero-order valence-corrected chi connectivity index (χ0v) is 12.1. The molecule has 0 spiro atoms. The van der Waals surface area contributed by atoms with Gasteiger partial charge in [-0.05, 0) is 44.2 Å². The van der Waals surface area contributed by atoms with E-state index in [0.717, 1.165) is 18.0 Å². The number of hydrogen-bond acceptors (Lipinski definition) is 3. The summed E-state index contributed by atoms with van der Waals surface area (Å²) in [6, 6.07) is 8.48. The summed E-state index contributed by atoms with van der Waals surface area (Å²) in [6.45, 7) is 6.97. The lowest BCUT2D eigenvalue weighted by molar-refractivity contribution is -0.114. The van der Waals surface area contributed by atoms with Crippen LogP contribution >= 0.6 is 11.8 Å². The molecule has 0 heterocycles. The molecule has 0 aliphatic carbocycles. The molecule has 1 aromatic carbocycles. The zero-order valence-electron chi connectivity index (χ0n) is 11.3. The summed E-state index contributed by atoms with van der Waals surface area (Å²) in [7, 11) is 0. The van der Waals surface area contributed by atoms with Crippen molar-refractivity contribution in [3.05, 3.63) is 24.3 Å². The second-order valence-corrected chi connectivity index (χ2v) is 5.47. The van der Waals surface area contributed by atoms with Crippen molar-refractivity contribution in [3.63, 3.8) is 0 Å². The molecule has 0 bridgehead atoms. The van der Waals surface area contributed by atoms with E-state index in [9.17, 15) is 4.79 Å². The Hall–Kier alpha value is -1.00. The van der Waals surface area contributed by atoms with E-state index >= 15 is 0 Å². The fourth-order valence-electron chi connectivity index (χ4n) is 1.51. The summed E-state index contributed by atoms with van der Waals surface area (Å²) >= 11 is 1.83. The average molecular weight is 266 g/mol. The van der Waals surface area contributed by atoms with Crippen molar-refractivity contribution in [2.24, 2.45) is 0 Å². The summed E-state index contributed by atoms with van der Waals surface area (Å²) in [4.78, 5) is 12.1.